The van der Waals surface area contributed by atoms with Gasteiger partial charge < -0.3 is 20.7 Å². The van der Waals surface area contributed by atoms with Crippen molar-refractivity contribution in [2.75, 3.05) is 11.1 Å². The van der Waals surface area contributed by atoms with Gasteiger partial charge in [-0.2, -0.15) is 0 Å². The van der Waals surface area contributed by atoms with Crippen molar-refractivity contribution in [3.05, 3.63) is 41.0 Å². The Balaban J connectivity index is 2.25. The Morgan fingerprint density at radius 2 is 2.32 bits per heavy atom. The smallest absolute Gasteiger partial charge is 0.340 e. The van der Waals surface area contributed by atoms with Crippen LogP contribution in [-0.2, 0) is 6.54 Å². The van der Waals surface area contributed by atoms with Crippen LogP contribution in [0.25, 0.3) is 0 Å². The molecule has 0 spiro atoms. The number of hydrogen-bond acceptors (Lipinski definition) is 5. The predicted molar refractivity (Wildman–Crippen MR) is 66.3 cm³/mol. The molecule has 0 amide bonds. The Bertz CT molecular complexity index is 625. The first-order chi connectivity index (χ1) is 8.99. The topological polar surface area (TPSA) is 101 Å². The fraction of sp³-hybridized carbons (Fsp3) is 0.167. The first kappa shape index (κ1) is 12.9. The first-order valence-electron chi connectivity index (χ1n) is 5.46. The summed E-state index contributed by atoms with van der Waals surface area (Å²) in [4.78, 5) is 11.1. The summed E-state index contributed by atoms with van der Waals surface area (Å²) >= 11 is 0. The van der Waals surface area contributed by atoms with Crippen LogP contribution >= 0.6 is 0 Å². The van der Waals surface area contributed by atoms with Crippen LogP contribution < -0.4 is 11.1 Å². The molecule has 4 N–H and O–H groups in total. The number of aromatic nitrogens is 1. The molecule has 2 rings (SSSR count). The lowest BCUT2D eigenvalue weighted by molar-refractivity contribution is 0.0698. The molecule has 0 saturated heterocycles. The lowest BCUT2D eigenvalue weighted by atomic mass is 10.1. The van der Waals surface area contributed by atoms with Crippen LogP contribution in [0.15, 0.2) is 22.7 Å². The number of aryl methyl sites for hydroxylation is 1. The van der Waals surface area contributed by atoms with Crippen molar-refractivity contribution in [1.82, 2.24) is 5.16 Å². The van der Waals surface area contributed by atoms with E-state index in [2.05, 4.69) is 10.5 Å². The van der Waals surface area contributed by atoms with Gasteiger partial charge in [0.15, 0.2) is 0 Å². The normalized spacial score (nSPS) is 10.4. The number of nitrogens with two attached hydrogens (primary N) is 1. The second-order valence-electron chi connectivity index (χ2n) is 3.97. The number of aromatic carboxylic acids is 1. The summed E-state index contributed by atoms with van der Waals surface area (Å²) in [6.45, 7) is 2.00. The molecule has 0 aliphatic heterocycles. The fourth-order valence-corrected chi connectivity index (χ4v) is 1.66. The van der Waals surface area contributed by atoms with Gasteiger partial charge in [0, 0.05) is 6.07 Å². The third kappa shape index (κ3) is 2.65. The number of benzene rings is 1. The lowest BCUT2D eigenvalue weighted by Crippen LogP contribution is -2.10. The van der Waals surface area contributed by atoms with Crippen LogP contribution in [0, 0.1) is 12.7 Å². The third-order valence-corrected chi connectivity index (χ3v) is 2.54. The lowest BCUT2D eigenvalue weighted by Gasteiger charge is -2.10. The molecular weight excluding hydrogens is 253 g/mol. The quantitative estimate of drug-likeness (QED) is 0.731. The van der Waals surface area contributed by atoms with E-state index < -0.39 is 17.5 Å². The molecule has 0 radical (unpaired) electrons. The van der Waals surface area contributed by atoms with Crippen LogP contribution in [0.1, 0.15) is 21.8 Å². The highest BCUT2D eigenvalue weighted by molar-refractivity contribution is 6.00. The highest BCUT2D eigenvalue weighted by atomic mass is 19.1. The Kier molecular flexibility index (Phi) is 3.37. The fourth-order valence-electron chi connectivity index (χ4n) is 1.66. The summed E-state index contributed by atoms with van der Waals surface area (Å²) in [5, 5.41) is 15.6. The van der Waals surface area contributed by atoms with Crippen LogP contribution in [0.2, 0.25) is 0 Å². The molecule has 0 aliphatic rings. The largest absolute Gasteiger partial charge is 0.478 e. The van der Waals surface area contributed by atoms with Crippen molar-refractivity contribution in [2.45, 2.75) is 13.5 Å². The molecule has 19 heavy (non-hydrogen) atoms. The maximum absolute atomic E-state index is 13.2. The monoisotopic (exact) mass is 265 g/mol. The van der Waals surface area contributed by atoms with Crippen LogP contribution in [-0.4, -0.2) is 16.2 Å². The molecule has 1 heterocycles. The zero-order valence-corrected chi connectivity index (χ0v) is 10.1. The Morgan fingerprint density at radius 3 is 2.89 bits per heavy atom. The average Bonchev–Trinajstić information content (AvgIpc) is 2.76. The molecule has 0 saturated carbocycles. The second kappa shape index (κ2) is 4.97. The number of carboxylic acid groups (broad SMARTS) is 1. The first-order valence-corrected chi connectivity index (χ1v) is 5.46. The van der Waals surface area contributed by atoms with Crippen molar-refractivity contribution >= 4 is 17.3 Å². The van der Waals surface area contributed by atoms with Crippen molar-refractivity contribution in [3.8, 4) is 0 Å². The van der Waals surface area contributed by atoms with Gasteiger partial charge in [0.05, 0.1) is 17.9 Å². The SMILES string of the molecule is Cc1cc(CNc2ccc(F)c(N)c2C(=O)O)no1. The molecule has 1 aromatic carbocycles. The van der Waals surface area contributed by atoms with Crippen LogP contribution in [0.5, 0.6) is 0 Å². The summed E-state index contributed by atoms with van der Waals surface area (Å²) in [5.41, 5.74) is 5.58. The van der Waals surface area contributed by atoms with E-state index >= 15 is 0 Å². The molecule has 1 aromatic heterocycles. The summed E-state index contributed by atoms with van der Waals surface area (Å²) in [6, 6.07) is 4.14. The highest BCUT2D eigenvalue weighted by Crippen LogP contribution is 2.25. The van der Waals surface area contributed by atoms with Crippen molar-refractivity contribution in [3.63, 3.8) is 0 Å². The number of halogens is 1. The number of nitrogens with one attached hydrogen (secondary N) is 1. The summed E-state index contributed by atoms with van der Waals surface area (Å²) in [7, 11) is 0. The third-order valence-electron chi connectivity index (χ3n) is 2.54. The van der Waals surface area contributed by atoms with E-state index in [1.165, 1.54) is 6.07 Å². The molecular formula is C12H12FN3O3. The van der Waals surface area contributed by atoms with E-state index in [0.29, 0.717) is 11.5 Å². The summed E-state index contributed by atoms with van der Waals surface area (Å²) in [5.74, 6) is -1.41. The number of carboxylic acids is 1. The minimum absolute atomic E-state index is 0.229. The molecule has 0 atom stereocenters. The van der Waals surface area contributed by atoms with Gasteiger partial charge in [0.2, 0.25) is 0 Å². The zero-order valence-electron chi connectivity index (χ0n) is 10.1. The number of hydrogen-bond donors (Lipinski definition) is 3. The van der Waals surface area contributed by atoms with Gasteiger partial charge in [0.1, 0.15) is 22.8 Å². The average molecular weight is 265 g/mol. The minimum atomic E-state index is -1.30. The van der Waals surface area contributed by atoms with E-state index in [-0.39, 0.29) is 17.8 Å². The van der Waals surface area contributed by atoms with Crippen LogP contribution in [0.3, 0.4) is 0 Å². The Labute approximate surface area is 108 Å². The number of nitrogens with zero attached hydrogens (tertiary/aromatic N) is 1. The number of nitrogen functional groups attached to an aromatic ring is 1. The van der Waals surface area contributed by atoms with E-state index in [0.717, 1.165) is 6.07 Å². The summed E-state index contributed by atoms with van der Waals surface area (Å²) in [6.07, 6.45) is 0. The Morgan fingerprint density at radius 1 is 1.58 bits per heavy atom. The molecule has 6 nitrogen and oxygen atoms in total. The van der Waals surface area contributed by atoms with Gasteiger partial charge >= 0.3 is 5.97 Å². The zero-order chi connectivity index (χ0) is 14.0. The molecule has 0 fully saturated rings. The Hall–Kier alpha value is -2.57. The van der Waals surface area contributed by atoms with Gasteiger partial charge in [0.25, 0.3) is 0 Å². The van der Waals surface area contributed by atoms with E-state index in [4.69, 9.17) is 15.4 Å². The molecule has 0 aliphatic carbocycles. The standard InChI is InChI=1S/C12H12FN3O3/c1-6-4-7(16-19-6)5-15-9-3-2-8(13)11(14)10(9)12(17)18/h2-4,15H,5,14H2,1H3,(H,17,18). The molecule has 0 bridgehead atoms. The molecule has 2 aromatic rings. The van der Waals surface area contributed by atoms with Crippen molar-refractivity contribution < 1.29 is 18.8 Å². The maximum atomic E-state index is 13.2. The number of rotatable bonds is 4. The van der Waals surface area contributed by atoms with Crippen LogP contribution in [0.4, 0.5) is 15.8 Å². The molecule has 100 valence electrons. The highest BCUT2D eigenvalue weighted by Gasteiger charge is 2.17. The van der Waals surface area contributed by atoms with Gasteiger partial charge in [-0.05, 0) is 19.1 Å². The maximum Gasteiger partial charge on any atom is 0.340 e. The van der Waals surface area contributed by atoms with Crippen molar-refractivity contribution in [1.29, 1.82) is 0 Å². The van der Waals surface area contributed by atoms with Gasteiger partial charge in [-0.15, -0.1) is 0 Å². The summed E-state index contributed by atoms with van der Waals surface area (Å²) < 4.78 is 18.1. The second-order valence-corrected chi connectivity index (χ2v) is 3.97. The van der Waals surface area contributed by atoms with Crippen molar-refractivity contribution in [2.24, 2.45) is 0 Å². The molecule has 0 unspecified atom stereocenters. The van der Waals surface area contributed by atoms with E-state index in [1.54, 1.807) is 13.0 Å². The van der Waals surface area contributed by atoms with Gasteiger partial charge in [-0.25, -0.2) is 9.18 Å². The minimum Gasteiger partial charge on any atom is -0.478 e. The number of anilines is 2. The number of carbonyl (C=O) groups is 1. The van der Waals surface area contributed by atoms with Gasteiger partial charge in [-0.1, -0.05) is 5.16 Å². The predicted octanol–water partition coefficient (Wildman–Crippen LogP) is 2.01. The van der Waals surface area contributed by atoms with E-state index in [1.807, 2.05) is 0 Å². The molecule has 7 heteroatoms. The van der Waals surface area contributed by atoms with E-state index in [9.17, 15) is 9.18 Å². The van der Waals surface area contributed by atoms with Gasteiger partial charge in [-0.3, -0.25) is 0 Å².